The number of rotatable bonds is 1. The highest BCUT2D eigenvalue weighted by Gasteiger charge is 2.20. The van der Waals surface area contributed by atoms with Crippen LogP contribution in [0, 0.1) is 0 Å². The molecule has 3 nitrogen and oxygen atoms in total. The third kappa shape index (κ3) is 1.53. The predicted molar refractivity (Wildman–Crippen MR) is 66.5 cm³/mol. The van der Waals surface area contributed by atoms with Crippen molar-refractivity contribution in [2.45, 2.75) is 12.5 Å². The van der Waals surface area contributed by atoms with Crippen LogP contribution in [0.4, 0.5) is 5.69 Å². The van der Waals surface area contributed by atoms with Gasteiger partial charge >= 0.3 is 0 Å². The van der Waals surface area contributed by atoms with Crippen molar-refractivity contribution in [3.63, 3.8) is 0 Å². The average Bonchev–Trinajstić information content (AvgIpc) is 2.75. The summed E-state index contributed by atoms with van der Waals surface area (Å²) >= 11 is 0. The minimum Gasteiger partial charge on any atom is -0.369 e. The molecule has 3 heteroatoms. The van der Waals surface area contributed by atoms with Crippen molar-refractivity contribution in [3.05, 3.63) is 36.7 Å². The smallest absolute Gasteiger partial charge is 0.0447 e. The van der Waals surface area contributed by atoms with Crippen LogP contribution in [0.1, 0.15) is 6.42 Å². The lowest BCUT2D eigenvalue weighted by Gasteiger charge is -2.20. The lowest BCUT2D eigenvalue weighted by Crippen LogP contribution is -2.26. The topological polar surface area (TPSA) is 42.1 Å². The van der Waals surface area contributed by atoms with E-state index in [0.29, 0.717) is 6.04 Å². The van der Waals surface area contributed by atoms with Crippen molar-refractivity contribution < 1.29 is 0 Å². The maximum atomic E-state index is 5.95. The highest BCUT2D eigenvalue weighted by atomic mass is 15.2. The van der Waals surface area contributed by atoms with Gasteiger partial charge in [0.05, 0.1) is 0 Å². The van der Waals surface area contributed by atoms with Crippen LogP contribution in [0.2, 0.25) is 0 Å². The molecule has 0 saturated carbocycles. The maximum absolute atomic E-state index is 5.95. The average molecular weight is 213 g/mol. The summed E-state index contributed by atoms with van der Waals surface area (Å²) in [6, 6.07) is 8.75. The predicted octanol–water partition coefficient (Wildman–Crippen LogP) is 1.77. The molecule has 2 heterocycles. The van der Waals surface area contributed by atoms with Crippen LogP contribution in [0.3, 0.4) is 0 Å². The number of fused-ring (bicyclic) bond motifs is 1. The number of hydrogen-bond acceptors (Lipinski definition) is 3. The Kier molecular flexibility index (Phi) is 2.26. The SMILES string of the molecule is NC1CCN(c2cccc3cnccc23)C1. The van der Waals surface area contributed by atoms with E-state index in [4.69, 9.17) is 5.73 Å². The fourth-order valence-electron chi connectivity index (χ4n) is 2.39. The highest BCUT2D eigenvalue weighted by molar-refractivity contribution is 5.93. The third-order valence-corrected chi connectivity index (χ3v) is 3.22. The Morgan fingerprint density at radius 3 is 3.06 bits per heavy atom. The van der Waals surface area contributed by atoms with Crippen LogP contribution in [0.25, 0.3) is 10.8 Å². The maximum Gasteiger partial charge on any atom is 0.0447 e. The van der Waals surface area contributed by atoms with Gasteiger partial charge in [-0.2, -0.15) is 0 Å². The Labute approximate surface area is 94.9 Å². The molecule has 2 aromatic rings. The lowest BCUT2D eigenvalue weighted by atomic mass is 10.1. The Bertz CT molecular complexity index is 504. The Morgan fingerprint density at radius 2 is 2.25 bits per heavy atom. The van der Waals surface area contributed by atoms with Gasteiger partial charge in [0.1, 0.15) is 0 Å². The zero-order valence-electron chi connectivity index (χ0n) is 9.13. The van der Waals surface area contributed by atoms with E-state index in [-0.39, 0.29) is 0 Å². The summed E-state index contributed by atoms with van der Waals surface area (Å²) in [6.07, 6.45) is 4.85. The molecule has 1 fully saturated rings. The number of aromatic nitrogens is 1. The first-order chi connectivity index (χ1) is 7.84. The van der Waals surface area contributed by atoms with Gasteiger partial charge in [0.15, 0.2) is 0 Å². The Hall–Kier alpha value is -1.61. The second-order valence-corrected chi connectivity index (χ2v) is 4.37. The normalized spacial score (nSPS) is 20.6. The van der Waals surface area contributed by atoms with E-state index >= 15 is 0 Å². The van der Waals surface area contributed by atoms with Gasteiger partial charge in [-0.15, -0.1) is 0 Å². The molecule has 1 unspecified atom stereocenters. The lowest BCUT2D eigenvalue weighted by molar-refractivity contribution is 0.752. The summed E-state index contributed by atoms with van der Waals surface area (Å²) in [6.45, 7) is 2.02. The van der Waals surface area contributed by atoms with Crippen molar-refractivity contribution >= 4 is 16.5 Å². The van der Waals surface area contributed by atoms with Crippen molar-refractivity contribution in [3.8, 4) is 0 Å². The van der Waals surface area contributed by atoms with Crippen molar-refractivity contribution in [2.75, 3.05) is 18.0 Å². The van der Waals surface area contributed by atoms with E-state index in [2.05, 4.69) is 34.1 Å². The first kappa shape index (κ1) is 9.60. The molecule has 1 aliphatic rings. The standard InChI is InChI=1S/C13H15N3/c14-11-5-7-16(9-11)13-3-1-2-10-8-15-6-4-12(10)13/h1-4,6,8,11H,5,7,9,14H2. The van der Waals surface area contributed by atoms with Crippen LogP contribution in [0.15, 0.2) is 36.7 Å². The molecule has 0 aliphatic carbocycles. The molecular formula is C13H15N3. The summed E-state index contributed by atoms with van der Waals surface area (Å²) in [5.41, 5.74) is 7.24. The number of nitrogens with zero attached hydrogens (tertiary/aromatic N) is 2. The second-order valence-electron chi connectivity index (χ2n) is 4.37. The molecule has 2 N–H and O–H groups in total. The summed E-state index contributed by atoms with van der Waals surface area (Å²) in [5, 5.41) is 2.46. The number of anilines is 1. The van der Waals surface area contributed by atoms with E-state index in [9.17, 15) is 0 Å². The van der Waals surface area contributed by atoms with Crippen molar-refractivity contribution in [1.82, 2.24) is 4.98 Å². The summed E-state index contributed by atoms with van der Waals surface area (Å²) in [5.74, 6) is 0. The quantitative estimate of drug-likeness (QED) is 0.785. The van der Waals surface area contributed by atoms with Gasteiger partial charge in [0, 0.05) is 48.0 Å². The van der Waals surface area contributed by atoms with Gasteiger partial charge < -0.3 is 10.6 Å². The molecule has 1 aromatic heterocycles. The fraction of sp³-hybridized carbons (Fsp3) is 0.308. The fourth-order valence-corrected chi connectivity index (χ4v) is 2.39. The summed E-state index contributed by atoms with van der Waals surface area (Å²) < 4.78 is 0. The van der Waals surface area contributed by atoms with Gasteiger partial charge in [-0.3, -0.25) is 4.98 Å². The van der Waals surface area contributed by atoms with Crippen LogP contribution in [0.5, 0.6) is 0 Å². The first-order valence-electron chi connectivity index (χ1n) is 5.68. The molecule has 16 heavy (non-hydrogen) atoms. The van der Waals surface area contributed by atoms with Crippen molar-refractivity contribution in [1.29, 1.82) is 0 Å². The molecular weight excluding hydrogens is 198 g/mol. The van der Waals surface area contributed by atoms with Crippen LogP contribution < -0.4 is 10.6 Å². The summed E-state index contributed by atoms with van der Waals surface area (Å²) in [4.78, 5) is 6.52. The van der Waals surface area contributed by atoms with Crippen LogP contribution in [-0.2, 0) is 0 Å². The molecule has 3 rings (SSSR count). The first-order valence-corrected chi connectivity index (χ1v) is 5.68. The molecule has 0 radical (unpaired) electrons. The van der Waals surface area contributed by atoms with E-state index in [1.54, 1.807) is 0 Å². The molecule has 1 saturated heterocycles. The van der Waals surface area contributed by atoms with Gasteiger partial charge in [-0.25, -0.2) is 0 Å². The monoisotopic (exact) mass is 213 g/mol. The molecule has 0 amide bonds. The number of hydrogen-bond donors (Lipinski definition) is 1. The zero-order valence-corrected chi connectivity index (χ0v) is 9.13. The molecule has 0 bridgehead atoms. The number of pyridine rings is 1. The summed E-state index contributed by atoms with van der Waals surface area (Å²) in [7, 11) is 0. The minimum atomic E-state index is 0.317. The van der Waals surface area contributed by atoms with E-state index in [1.807, 2.05) is 12.4 Å². The van der Waals surface area contributed by atoms with Gasteiger partial charge in [-0.05, 0) is 18.6 Å². The highest BCUT2D eigenvalue weighted by Crippen LogP contribution is 2.28. The molecule has 0 spiro atoms. The molecule has 1 aromatic carbocycles. The van der Waals surface area contributed by atoms with Gasteiger partial charge in [-0.1, -0.05) is 12.1 Å². The minimum absolute atomic E-state index is 0.317. The number of benzene rings is 1. The zero-order chi connectivity index (χ0) is 11.0. The molecule has 82 valence electrons. The largest absolute Gasteiger partial charge is 0.369 e. The number of nitrogens with two attached hydrogens (primary N) is 1. The van der Waals surface area contributed by atoms with Crippen molar-refractivity contribution in [2.24, 2.45) is 5.73 Å². The van der Waals surface area contributed by atoms with Crippen LogP contribution >= 0.6 is 0 Å². The van der Waals surface area contributed by atoms with E-state index < -0.39 is 0 Å². The Morgan fingerprint density at radius 1 is 1.31 bits per heavy atom. The van der Waals surface area contributed by atoms with Crippen LogP contribution in [-0.4, -0.2) is 24.1 Å². The molecule has 1 aliphatic heterocycles. The third-order valence-electron chi connectivity index (χ3n) is 3.22. The van der Waals surface area contributed by atoms with E-state index in [1.165, 1.54) is 16.5 Å². The Balaban J connectivity index is 2.09. The second kappa shape index (κ2) is 3.76. The van der Waals surface area contributed by atoms with E-state index in [0.717, 1.165) is 19.5 Å². The molecule has 1 atom stereocenters. The van der Waals surface area contributed by atoms with Gasteiger partial charge in [0.25, 0.3) is 0 Å². The van der Waals surface area contributed by atoms with Gasteiger partial charge in [0.2, 0.25) is 0 Å².